The summed E-state index contributed by atoms with van der Waals surface area (Å²) in [4.78, 5) is 13.1. The molecule has 0 radical (unpaired) electrons. The minimum absolute atomic E-state index is 0.0621. The smallest absolute Gasteiger partial charge is 0.243 e. The number of benzene rings is 1. The molecule has 0 unspecified atom stereocenters. The Morgan fingerprint density at radius 2 is 2.24 bits per heavy atom. The van der Waals surface area contributed by atoms with Crippen LogP contribution >= 0.6 is 0 Å². The molecule has 21 heavy (non-hydrogen) atoms. The number of hydrogen-bond donors (Lipinski definition) is 1. The Morgan fingerprint density at radius 1 is 1.38 bits per heavy atom. The molecule has 1 aromatic carbocycles. The Morgan fingerprint density at radius 3 is 3.00 bits per heavy atom. The number of rotatable bonds is 5. The highest BCUT2D eigenvalue weighted by Gasteiger charge is 2.16. The predicted octanol–water partition coefficient (Wildman–Crippen LogP) is 0.635. The molecule has 0 spiro atoms. The summed E-state index contributed by atoms with van der Waals surface area (Å²) in [6.45, 7) is 1.39. The van der Waals surface area contributed by atoms with E-state index in [4.69, 9.17) is 4.74 Å². The summed E-state index contributed by atoms with van der Waals surface area (Å²) in [6.07, 6.45) is 2.20. The highest BCUT2D eigenvalue weighted by molar-refractivity contribution is 5.75. The number of carbonyl (C=O) groups excluding carboxylic acids is 1. The van der Waals surface area contributed by atoms with Crippen LogP contribution in [0.15, 0.2) is 30.3 Å². The van der Waals surface area contributed by atoms with E-state index in [1.54, 1.807) is 0 Å². The Hall–Kier alpha value is -2.28. The predicted molar refractivity (Wildman–Crippen MR) is 75.2 cm³/mol. The van der Waals surface area contributed by atoms with Crippen molar-refractivity contribution in [3.8, 4) is 11.4 Å². The highest BCUT2D eigenvalue weighted by Crippen LogP contribution is 2.12. The molecule has 1 aliphatic rings. The molecule has 1 saturated heterocycles. The average Bonchev–Trinajstić information content (AvgIpc) is 3.17. The van der Waals surface area contributed by atoms with Crippen LogP contribution in [-0.2, 0) is 16.1 Å². The maximum atomic E-state index is 11.8. The lowest BCUT2D eigenvalue weighted by atomic mass is 10.2. The topological polar surface area (TPSA) is 81.9 Å². The number of aromatic nitrogens is 4. The van der Waals surface area contributed by atoms with Crippen LogP contribution in [-0.4, -0.2) is 45.4 Å². The molecule has 7 nitrogen and oxygen atoms in total. The number of nitrogens with one attached hydrogen (secondary N) is 1. The summed E-state index contributed by atoms with van der Waals surface area (Å²) < 4.78 is 5.45. The second-order valence-corrected chi connectivity index (χ2v) is 4.95. The van der Waals surface area contributed by atoms with Gasteiger partial charge in [0.05, 0.1) is 6.10 Å². The molecule has 1 fully saturated rings. The second kappa shape index (κ2) is 6.45. The summed E-state index contributed by atoms with van der Waals surface area (Å²) >= 11 is 0. The summed E-state index contributed by atoms with van der Waals surface area (Å²) in [5.74, 6) is 0.380. The van der Waals surface area contributed by atoms with Crippen molar-refractivity contribution >= 4 is 5.91 Å². The van der Waals surface area contributed by atoms with E-state index >= 15 is 0 Å². The van der Waals surface area contributed by atoms with E-state index in [9.17, 15) is 4.79 Å². The van der Waals surface area contributed by atoms with Crippen LogP contribution < -0.4 is 5.32 Å². The molecule has 0 saturated carbocycles. The van der Waals surface area contributed by atoms with Crippen molar-refractivity contribution in [3.63, 3.8) is 0 Å². The molecule has 3 rings (SSSR count). The van der Waals surface area contributed by atoms with E-state index in [1.165, 1.54) is 4.80 Å². The third-order valence-electron chi connectivity index (χ3n) is 3.32. The molecule has 1 amide bonds. The monoisotopic (exact) mass is 287 g/mol. The Labute approximate surface area is 122 Å². The Balaban J connectivity index is 1.53. The third-order valence-corrected chi connectivity index (χ3v) is 3.32. The summed E-state index contributed by atoms with van der Waals surface area (Å²) in [5, 5.41) is 14.9. The van der Waals surface area contributed by atoms with Gasteiger partial charge in [-0.3, -0.25) is 4.79 Å². The summed E-state index contributed by atoms with van der Waals surface area (Å²) in [6, 6.07) is 9.54. The zero-order valence-electron chi connectivity index (χ0n) is 11.6. The van der Waals surface area contributed by atoms with Gasteiger partial charge in [0, 0.05) is 18.7 Å². The van der Waals surface area contributed by atoms with Gasteiger partial charge < -0.3 is 10.1 Å². The van der Waals surface area contributed by atoms with Crippen molar-refractivity contribution in [1.29, 1.82) is 0 Å². The lowest BCUT2D eigenvalue weighted by Crippen LogP contribution is -2.34. The number of carbonyl (C=O) groups is 1. The van der Waals surface area contributed by atoms with Crippen molar-refractivity contribution in [2.45, 2.75) is 25.5 Å². The minimum Gasteiger partial charge on any atom is -0.376 e. The fourth-order valence-electron chi connectivity index (χ4n) is 2.23. The van der Waals surface area contributed by atoms with Gasteiger partial charge in [-0.15, -0.1) is 10.2 Å². The van der Waals surface area contributed by atoms with E-state index in [0.717, 1.165) is 25.0 Å². The Kier molecular flexibility index (Phi) is 4.20. The molecule has 0 aliphatic carbocycles. The summed E-state index contributed by atoms with van der Waals surface area (Å²) in [7, 11) is 0. The molecule has 0 bridgehead atoms. The van der Waals surface area contributed by atoms with Gasteiger partial charge in [-0.1, -0.05) is 30.3 Å². The van der Waals surface area contributed by atoms with Gasteiger partial charge in [0.1, 0.15) is 6.54 Å². The summed E-state index contributed by atoms with van der Waals surface area (Å²) in [5.41, 5.74) is 0.878. The standard InChI is InChI=1S/C14H17N5O2/c20-13(15-9-12-7-4-8-21-12)10-19-17-14(16-18-19)11-5-2-1-3-6-11/h1-3,5-6,12H,4,7-10H2,(H,15,20)/t12-/m0/s1. The maximum absolute atomic E-state index is 11.8. The van der Waals surface area contributed by atoms with Gasteiger partial charge in [0.25, 0.3) is 0 Å². The van der Waals surface area contributed by atoms with Gasteiger partial charge in [0.2, 0.25) is 11.7 Å². The zero-order chi connectivity index (χ0) is 14.5. The normalized spacial score (nSPS) is 17.8. The van der Waals surface area contributed by atoms with E-state index < -0.39 is 0 Å². The van der Waals surface area contributed by atoms with Crippen LogP contribution in [0, 0.1) is 0 Å². The maximum Gasteiger partial charge on any atom is 0.243 e. The number of amides is 1. The van der Waals surface area contributed by atoms with Gasteiger partial charge in [-0.25, -0.2) is 0 Å². The van der Waals surface area contributed by atoms with Crippen LogP contribution in [0.3, 0.4) is 0 Å². The Bertz CT molecular complexity index is 592. The van der Waals surface area contributed by atoms with Gasteiger partial charge >= 0.3 is 0 Å². The average molecular weight is 287 g/mol. The fraction of sp³-hybridized carbons (Fsp3) is 0.429. The number of nitrogens with zero attached hydrogens (tertiary/aromatic N) is 4. The SMILES string of the molecule is O=C(Cn1nnc(-c2ccccc2)n1)NC[C@@H]1CCCO1. The number of tetrazole rings is 1. The van der Waals surface area contributed by atoms with Crippen LogP contribution in [0.2, 0.25) is 0 Å². The van der Waals surface area contributed by atoms with E-state index in [2.05, 4.69) is 20.7 Å². The van der Waals surface area contributed by atoms with Gasteiger partial charge in [-0.05, 0) is 18.1 Å². The minimum atomic E-state index is -0.137. The molecule has 1 atom stereocenters. The molecule has 1 N–H and O–H groups in total. The fourth-order valence-corrected chi connectivity index (χ4v) is 2.23. The van der Waals surface area contributed by atoms with Crippen LogP contribution in [0.5, 0.6) is 0 Å². The molecule has 7 heteroatoms. The van der Waals surface area contributed by atoms with Crippen molar-refractivity contribution in [2.24, 2.45) is 0 Å². The zero-order valence-corrected chi connectivity index (χ0v) is 11.6. The third kappa shape index (κ3) is 3.63. The molecular formula is C14H17N5O2. The van der Waals surface area contributed by atoms with E-state index in [-0.39, 0.29) is 18.6 Å². The van der Waals surface area contributed by atoms with E-state index in [1.807, 2.05) is 30.3 Å². The van der Waals surface area contributed by atoms with Crippen molar-refractivity contribution < 1.29 is 9.53 Å². The van der Waals surface area contributed by atoms with Crippen LogP contribution in [0.25, 0.3) is 11.4 Å². The second-order valence-electron chi connectivity index (χ2n) is 4.95. The first-order chi connectivity index (χ1) is 10.3. The van der Waals surface area contributed by atoms with Crippen LogP contribution in [0.4, 0.5) is 0 Å². The van der Waals surface area contributed by atoms with Crippen LogP contribution in [0.1, 0.15) is 12.8 Å². The van der Waals surface area contributed by atoms with Crippen molar-refractivity contribution in [1.82, 2.24) is 25.5 Å². The number of hydrogen-bond acceptors (Lipinski definition) is 5. The number of ether oxygens (including phenoxy) is 1. The lowest BCUT2D eigenvalue weighted by molar-refractivity contribution is -0.122. The molecule has 2 aromatic rings. The molecule has 2 heterocycles. The lowest BCUT2D eigenvalue weighted by Gasteiger charge is -2.10. The van der Waals surface area contributed by atoms with E-state index in [0.29, 0.717) is 12.4 Å². The molecular weight excluding hydrogens is 270 g/mol. The quantitative estimate of drug-likeness (QED) is 0.872. The highest BCUT2D eigenvalue weighted by atomic mass is 16.5. The molecule has 1 aromatic heterocycles. The first kappa shape index (κ1) is 13.7. The molecule has 1 aliphatic heterocycles. The first-order valence-electron chi connectivity index (χ1n) is 7.03. The van der Waals surface area contributed by atoms with Gasteiger partial charge in [0.15, 0.2) is 0 Å². The molecule has 110 valence electrons. The first-order valence-corrected chi connectivity index (χ1v) is 7.03. The largest absolute Gasteiger partial charge is 0.376 e. The van der Waals surface area contributed by atoms with Crippen molar-refractivity contribution in [2.75, 3.05) is 13.2 Å². The van der Waals surface area contributed by atoms with Gasteiger partial charge in [-0.2, -0.15) is 4.80 Å². The van der Waals surface area contributed by atoms with Crippen molar-refractivity contribution in [3.05, 3.63) is 30.3 Å².